The number of fused-ring (bicyclic) bond motifs is 1. The Labute approximate surface area is 124 Å². The predicted octanol–water partition coefficient (Wildman–Crippen LogP) is 3.58. The van der Waals surface area contributed by atoms with Gasteiger partial charge in [0.05, 0.1) is 6.54 Å². The number of aromatic nitrogens is 2. The lowest BCUT2D eigenvalue weighted by atomic mass is 9.74. The van der Waals surface area contributed by atoms with Crippen molar-refractivity contribution >= 4 is 11.3 Å². The van der Waals surface area contributed by atoms with Crippen LogP contribution < -0.4 is 5.73 Å². The van der Waals surface area contributed by atoms with Crippen molar-refractivity contribution < 1.29 is 0 Å². The molecule has 108 valence electrons. The molecule has 0 fully saturated rings. The number of aryl methyl sites for hydroxylation is 2. The maximum Gasteiger partial charge on any atom is 0.113 e. The van der Waals surface area contributed by atoms with Gasteiger partial charge in [-0.2, -0.15) is 0 Å². The molecule has 2 heterocycles. The van der Waals surface area contributed by atoms with Gasteiger partial charge in [0.2, 0.25) is 0 Å². The average molecular weight is 289 g/mol. The molecule has 0 aromatic carbocycles. The van der Waals surface area contributed by atoms with Crippen molar-refractivity contribution in [1.82, 2.24) is 9.55 Å². The summed E-state index contributed by atoms with van der Waals surface area (Å²) in [4.78, 5) is 5.78. The largest absolute Gasteiger partial charge is 0.342 e. The van der Waals surface area contributed by atoms with Crippen LogP contribution in [0.5, 0.6) is 0 Å². The Balaban J connectivity index is 2.00. The summed E-state index contributed by atoms with van der Waals surface area (Å²) < 4.78 is 2.41. The monoisotopic (exact) mass is 289 g/mol. The minimum atomic E-state index is 0.173. The second-order valence-corrected chi connectivity index (χ2v) is 8.11. The lowest BCUT2D eigenvalue weighted by Gasteiger charge is -2.34. The van der Waals surface area contributed by atoms with E-state index in [1.165, 1.54) is 26.8 Å². The number of rotatable bonds is 2. The van der Waals surface area contributed by atoms with Gasteiger partial charge in [-0.3, -0.25) is 0 Å². The Morgan fingerprint density at radius 2 is 2.20 bits per heavy atom. The molecular formula is C16H23N3S. The zero-order chi connectivity index (χ0) is 14.5. The second-order valence-electron chi connectivity index (χ2n) is 6.79. The van der Waals surface area contributed by atoms with Gasteiger partial charge < -0.3 is 10.3 Å². The minimum absolute atomic E-state index is 0.173. The van der Waals surface area contributed by atoms with E-state index in [4.69, 9.17) is 5.73 Å². The normalized spacial score (nSPS) is 20.9. The lowest BCUT2D eigenvalue weighted by Crippen LogP contribution is -2.30. The Bertz CT molecular complexity index is 636. The van der Waals surface area contributed by atoms with E-state index in [9.17, 15) is 0 Å². The maximum absolute atomic E-state index is 6.38. The molecule has 0 saturated heterocycles. The van der Waals surface area contributed by atoms with E-state index < -0.39 is 0 Å². The number of thiazole rings is 1. The number of hydrogen-bond donors (Lipinski definition) is 1. The minimum Gasteiger partial charge on any atom is -0.342 e. The number of hydrogen-bond acceptors (Lipinski definition) is 3. The van der Waals surface area contributed by atoms with Crippen molar-refractivity contribution in [3.63, 3.8) is 0 Å². The Hall–Kier alpha value is -1.13. The van der Waals surface area contributed by atoms with Crippen molar-refractivity contribution in [2.24, 2.45) is 11.1 Å². The van der Waals surface area contributed by atoms with Crippen LogP contribution >= 0.6 is 11.3 Å². The number of nitrogens with two attached hydrogens (primary N) is 1. The van der Waals surface area contributed by atoms with Crippen LogP contribution in [-0.4, -0.2) is 9.55 Å². The Kier molecular flexibility index (Phi) is 3.26. The summed E-state index contributed by atoms with van der Waals surface area (Å²) in [5.74, 6) is 0. The molecule has 3 rings (SSSR count). The number of nitrogens with zero attached hydrogens (tertiary/aromatic N) is 2. The third-order valence-electron chi connectivity index (χ3n) is 4.23. The summed E-state index contributed by atoms with van der Waals surface area (Å²) >= 11 is 1.78. The van der Waals surface area contributed by atoms with Crippen LogP contribution in [0.2, 0.25) is 0 Å². The summed E-state index contributed by atoms with van der Waals surface area (Å²) in [6, 6.07) is 2.45. The molecule has 0 spiro atoms. The van der Waals surface area contributed by atoms with E-state index in [-0.39, 0.29) is 11.5 Å². The topological polar surface area (TPSA) is 43.8 Å². The van der Waals surface area contributed by atoms with Crippen molar-refractivity contribution in [1.29, 1.82) is 0 Å². The van der Waals surface area contributed by atoms with E-state index in [1.807, 2.05) is 6.20 Å². The van der Waals surface area contributed by atoms with E-state index in [1.54, 1.807) is 11.3 Å². The first-order valence-electron chi connectivity index (χ1n) is 7.21. The molecule has 0 amide bonds. The maximum atomic E-state index is 6.38. The van der Waals surface area contributed by atoms with Crippen LogP contribution in [0.3, 0.4) is 0 Å². The van der Waals surface area contributed by atoms with Gasteiger partial charge in [-0.05, 0) is 43.7 Å². The molecule has 0 bridgehead atoms. The van der Waals surface area contributed by atoms with E-state index >= 15 is 0 Å². The van der Waals surface area contributed by atoms with Gasteiger partial charge in [0.15, 0.2) is 0 Å². The Morgan fingerprint density at radius 3 is 2.85 bits per heavy atom. The van der Waals surface area contributed by atoms with Crippen molar-refractivity contribution in [3.8, 4) is 0 Å². The van der Waals surface area contributed by atoms with Crippen LogP contribution in [0.1, 0.15) is 53.1 Å². The quantitative estimate of drug-likeness (QED) is 0.918. The first-order valence-corrected chi connectivity index (χ1v) is 8.03. The van der Waals surface area contributed by atoms with Gasteiger partial charge in [0, 0.05) is 28.5 Å². The van der Waals surface area contributed by atoms with Crippen molar-refractivity contribution in [2.75, 3.05) is 0 Å². The third kappa shape index (κ3) is 2.42. The van der Waals surface area contributed by atoms with Gasteiger partial charge in [0.25, 0.3) is 0 Å². The van der Waals surface area contributed by atoms with Gasteiger partial charge in [-0.15, -0.1) is 11.3 Å². The first kappa shape index (κ1) is 13.8. The molecule has 2 N–H and O–H groups in total. The predicted molar refractivity (Wildman–Crippen MR) is 84.2 cm³/mol. The van der Waals surface area contributed by atoms with Gasteiger partial charge >= 0.3 is 0 Å². The molecule has 1 unspecified atom stereocenters. The van der Waals surface area contributed by atoms with Crippen LogP contribution in [0.4, 0.5) is 0 Å². The van der Waals surface area contributed by atoms with Gasteiger partial charge in [-0.1, -0.05) is 13.8 Å². The standard InChI is InChI=1S/C16H23N3S/c1-10-5-12-13(17)6-16(3,4)7-14(12)19(10)9-15-18-8-11(2)20-15/h5,8,13H,6-7,9,17H2,1-4H3. The van der Waals surface area contributed by atoms with Gasteiger partial charge in [-0.25, -0.2) is 4.98 Å². The molecule has 0 radical (unpaired) electrons. The van der Waals surface area contributed by atoms with Crippen LogP contribution in [0.25, 0.3) is 0 Å². The van der Waals surface area contributed by atoms with Crippen molar-refractivity contribution in [3.05, 3.63) is 39.1 Å². The highest BCUT2D eigenvalue weighted by Crippen LogP contribution is 2.41. The fourth-order valence-electron chi connectivity index (χ4n) is 3.33. The van der Waals surface area contributed by atoms with E-state index in [0.29, 0.717) is 0 Å². The molecule has 1 aliphatic rings. The van der Waals surface area contributed by atoms with Crippen LogP contribution in [-0.2, 0) is 13.0 Å². The van der Waals surface area contributed by atoms with E-state index in [2.05, 4.69) is 43.3 Å². The summed E-state index contributed by atoms with van der Waals surface area (Å²) in [5.41, 5.74) is 10.7. The highest BCUT2D eigenvalue weighted by atomic mass is 32.1. The summed E-state index contributed by atoms with van der Waals surface area (Å²) in [6.07, 6.45) is 4.13. The first-order chi connectivity index (χ1) is 9.35. The van der Waals surface area contributed by atoms with E-state index in [0.717, 1.165) is 19.4 Å². The highest BCUT2D eigenvalue weighted by molar-refractivity contribution is 7.11. The molecule has 2 aromatic rings. The third-order valence-corrected chi connectivity index (χ3v) is 5.13. The van der Waals surface area contributed by atoms with Crippen molar-refractivity contribution in [2.45, 2.75) is 53.1 Å². The zero-order valence-corrected chi connectivity index (χ0v) is 13.5. The lowest BCUT2D eigenvalue weighted by molar-refractivity contribution is 0.276. The molecule has 0 saturated carbocycles. The fourth-order valence-corrected chi connectivity index (χ4v) is 4.11. The fraction of sp³-hybridized carbons (Fsp3) is 0.562. The molecular weight excluding hydrogens is 266 g/mol. The summed E-state index contributed by atoms with van der Waals surface area (Å²) in [6.45, 7) is 9.80. The SMILES string of the molecule is Cc1cnc(Cn2c(C)cc3c2CC(C)(C)CC3N)s1. The molecule has 4 heteroatoms. The van der Waals surface area contributed by atoms with Crippen LogP contribution in [0.15, 0.2) is 12.3 Å². The molecule has 3 nitrogen and oxygen atoms in total. The molecule has 0 aliphatic heterocycles. The summed E-state index contributed by atoms with van der Waals surface area (Å²) in [7, 11) is 0. The summed E-state index contributed by atoms with van der Waals surface area (Å²) in [5, 5.41) is 1.18. The Morgan fingerprint density at radius 1 is 1.45 bits per heavy atom. The molecule has 20 heavy (non-hydrogen) atoms. The molecule has 1 aliphatic carbocycles. The average Bonchev–Trinajstić information content (AvgIpc) is 2.86. The van der Waals surface area contributed by atoms with Crippen LogP contribution in [0, 0.1) is 19.3 Å². The van der Waals surface area contributed by atoms with Gasteiger partial charge in [0.1, 0.15) is 5.01 Å². The molecule has 2 aromatic heterocycles. The molecule has 1 atom stereocenters. The highest BCUT2D eigenvalue weighted by Gasteiger charge is 2.33. The zero-order valence-electron chi connectivity index (χ0n) is 12.7. The smallest absolute Gasteiger partial charge is 0.113 e. The second kappa shape index (κ2) is 4.71.